The highest BCUT2D eigenvalue weighted by atomic mass is 19.1. The minimum Gasteiger partial charge on any atom is -0.340 e. The molecule has 0 aliphatic rings. The number of rotatable bonds is 4. The van der Waals surface area contributed by atoms with Gasteiger partial charge in [-0.25, -0.2) is 9.37 Å². The van der Waals surface area contributed by atoms with Crippen molar-refractivity contribution in [2.45, 2.75) is 13.0 Å². The third-order valence-electron chi connectivity index (χ3n) is 3.63. The molecule has 0 radical (unpaired) electrons. The van der Waals surface area contributed by atoms with E-state index in [0.717, 1.165) is 16.8 Å². The van der Waals surface area contributed by atoms with Crippen LogP contribution >= 0.6 is 0 Å². The van der Waals surface area contributed by atoms with Gasteiger partial charge in [-0.1, -0.05) is 42.5 Å². The molecule has 0 spiro atoms. The molecule has 1 heterocycles. The second-order valence-corrected chi connectivity index (χ2v) is 5.41. The van der Waals surface area contributed by atoms with Crippen molar-refractivity contribution >= 4 is 5.91 Å². The lowest BCUT2D eigenvalue weighted by Gasteiger charge is -2.19. The Morgan fingerprint density at radius 3 is 2.25 bits per heavy atom. The number of aromatic nitrogens is 2. The second-order valence-electron chi connectivity index (χ2n) is 5.41. The Kier molecular flexibility index (Phi) is 4.61. The van der Waals surface area contributed by atoms with E-state index in [1.54, 1.807) is 25.3 Å². The summed E-state index contributed by atoms with van der Waals surface area (Å²) in [6.07, 6.45) is 2.99. The molecule has 0 saturated carbocycles. The van der Waals surface area contributed by atoms with Crippen LogP contribution in [-0.4, -0.2) is 15.9 Å². The Labute approximate surface area is 139 Å². The Balaban J connectivity index is 1.91. The van der Waals surface area contributed by atoms with E-state index in [1.165, 1.54) is 18.3 Å². The summed E-state index contributed by atoms with van der Waals surface area (Å²) in [6, 6.07) is 15.2. The van der Waals surface area contributed by atoms with E-state index in [1.807, 2.05) is 30.3 Å². The van der Waals surface area contributed by atoms with Crippen LogP contribution in [0.1, 0.15) is 33.4 Å². The number of hydrogen-bond acceptors (Lipinski definition) is 3. The van der Waals surface area contributed by atoms with E-state index in [4.69, 9.17) is 0 Å². The smallest absolute Gasteiger partial charge is 0.272 e. The van der Waals surface area contributed by atoms with Gasteiger partial charge in [-0.05, 0) is 30.2 Å². The lowest BCUT2D eigenvalue weighted by Crippen LogP contribution is -2.30. The Morgan fingerprint density at radius 2 is 1.62 bits per heavy atom. The van der Waals surface area contributed by atoms with Crippen molar-refractivity contribution in [2.24, 2.45) is 0 Å². The van der Waals surface area contributed by atoms with Crippen LogP contribution in [0.5, 0.6) is 0 Å². The zero-order chi connectivity index (χ0) is 16.9. The van der Waals surface area contributed by atoms with Crippen molar-refractivity contribution in [1.29, 1.82) is 0 Å². The topological polar surface area (TPSA) is 54.9 Å². The standard InChI is InChI=1S/C19H16FN3O/c1-13-11-22-17(12-21-13)19(24)23-18(14-5-3-2-4-6-14)15-7-9-16(20)10-8-15/h2-12,18H,1H3,(H,23,24). The van der Waals surface area contributed by atoms with Crippen molar-refractivity contribution < 1.29 is 9.18 Å². The maximum Gasteiger partial charge on any atom is 0.272 e. The van der Waals surface area contributed by atoms with E-state index in [0.29, 0.717) is 0 Å². The predicted molar refractivity (Wildman–Crippen MR) is 88.9 cm³/mol. The van der Waals surface area contributed by atoms with Gasteiger partial charge in [0, 0.05) is 6.20 Å². The average molecular weight is 321 g/mol. The number of nitrogens with one attached hydrogen (secondary N) is 1. The van der Waals surface area contributed by atoms with Gasteiger partial charge in [0.1, 0.15) is 11.5 Å². The van der Waals surface area contributed by atoms with E-state index in [9.17, 15) is 9.18 Å². The largest absolute Gasteiger partial charge is 0.340 e. The summed E-state index contributed by atoms with van der Waals surface area (Å²) >= 11 is 0. The normalized spacial score (nSPS) is 11.8. The number of nitrogens with zero attached hydrogens (tertiary/aromatic N) is 2. The molecule has 5 heteroatoms. The number of halogens is 1. The molecular formula is C19H16FN3O. The molecule has 0 saturated heterocycles. The van der Waals surface area contributed by atoms with E-state index in [-0.39, 0.29) is 17.4 Å². The van der Waals surface area contributed by atoms with Crippen LogP contribution in [0.3, 0.4) is 0 Å². The van der Waals surface area contributed by atoms with Gasteiger partial charge in [0.05, 0.1) is 17.9 Å². The van der Waals surface area contributed by atoms with Gasteiger partial charge in [-0.2, -0.15) is 0 Å². The molecule has 0 fully saturated rings. The fourth-order valence-corrected chi connectivity index (χ4v) is 2.37. The molecule has 0 aliphatic carbocycles. The maximum atomic E-state index is 13.2. The summed E-state index contributed by atoms with van der Waals surface area (Å²) < 4.78 is 13.2. The predicted octanol–water partition coefficient (Wildman–Crippen LogP) is 3.44. The summed E-state index contributed by atoms with van der Waals surface area (Å²) in [5.41, 5.74) is 2.67. The van der Waals surface area contributed by atoms with Gasteiger partial charge in [-0.15, -0.1) is 0 Å². The molecule has 1 unspecified atom stereocenters. The first-order chi connectivity index (χ1) is 11.6. The van der Waals surface area contributed by atoms with Gasteiger partial charge < -0.3 is 5.32 Å². The fraction of sp³-hybridized carbons (Fsp3) is 0.105. The van der Waals surface area contributed by atoms with Gasteiger partial charge >= 0.3 is 0 Å². The lowest BCUT2D eigenvalue weighted by molar-refractivity contribution is 0.0937. The monoisotopic (exact) mass is 321 g/mol. The van der Waals surface area contributed by atoms with Gasteiger partial charge in [-0.3, -0.25) is 9.78 Å². The van der Waals surface area contributed by atoms with Crippen LogP contribution in [-0.2, 0) is 0 Å². The van der Waals surface area contributed by atoms with Crippen molar-refractivity contribution in [2.75, 3.05) is 0 Å². The van der Waals surface area contributed by atoms with Crippen LogP contribution < -0.4 is 5.32 Å². The van der Waals surface area contributed by atoms with Crippen LogP contribution in [0.25, 0.3) is 0 Å². The highest BCUT2D eigenvalue weighted by Crippen LogP contribution is 2.22. The molecule has 120 valence electrons. The van der Waals surface area contributed by atoms with Gasteiger partial charge in [0.15, 0.2) is 0 Å². The van der Waals surface area contributed by atoms with Crippen molar-refractivity contribution in [3.63, 3.8) is 0 Å². The number of benzene rings is 2. The van der Waals surface area contributed by atoms with Crippen molar-refractivity contribution in [3.8, 4) is 0 Å². The molecule has 3 rings (SSSR count). The highest BCUT2D eigenvalue weighted by molar-refractivity contribution is 5.92. The lowest BCUT2D eigenvalue weighted by atomic mass is 9.98. The fourth-order valence-electron chi connectivity index (χ4n) is 2.37. The van der Waals surface area contributed by atoms with Crippen LogP contribution in [0, 0.1) is 12.7 Å². The van der Waals surface area contributed by atoms with Crippen LogP contribution in [0.2, 0.25) is 0 Å². The molecule has 1 N–H and O–H groups in total. The third-order valence-corrected chi connectivity index (χ3v) is 3.63. The van der Waals surface area contributed by atoms with Crippen LogP contribution in [0.15, 0.2) is 67.0 Å². The molecule has 2 aromatic carbocycles. The molecule has 0 bridgehead atoms. The van der Waals surface area contributed by atoms with E-state index in [2.05, 4.69) is 15.3 Å². The summed E-state index contributed by atoms with van der Waals surface area (Å²) in [7, 11) is 0. The Bertz CT molecular complexity index is 817. The molecule has 1 aromatic heterocycles. The van der Waals surface area contributed by atoms with E-state index >= 15 is 0 Å². The van der Waals surface area contributed by atoms with E-state index < -0.39 is 6.04 Å². The summed E-state index contributed by atoms with van der Waals surface area (Å²) in [5, 5.41) is 2.94. The highest BCUT2D eigenvalue weighted by Gasteiger charge is 2.18. The summed E-state index contributed by atoms with van der Waals surface area (Å²) in [5.74, 6) is -0.651. The molecule has 4 nitrogen and oxygen atoms in total. The second kappa shape index (κ2) is 7.00. The van der Waals surface area contributed by atoms with Crippen molar-refractivity contribution in [3.05, 3.63) is 95.3 Å². The van der Waals surface area contributed by atoms with Gasteiger partial charge in [0.2, 0.25) is 0 Å². The number of hydrogen-bond donors (Lipinski definition) is 1. The average Bonchev–Trinajstić information content (AvgIpc) is 2.62. The molecule has 0 aliphatic heterocycles. The van der Waals surface area contributed by atoms with Gasteiger partial charge in [0.25, 0.3) is 5.91 Å². The first kappa shape index (κ1) is 15.8. The zero-order valence-corrected chi connectivity index (χ0v) is 13.1. The summed E-state index contributed by atoms with van der Waals surface area (Å²) in [6.45, 7) is 1.81. The minimum atomic E-state index is -0.401. The molecule has 1 atom stereocenters. The molecule has 1 amide bonds. The Hall–Kier alpha value is -3.08. The quantitative estimate of drug-likeness (QED) is 0.801. The zero-order valence-electron chi connectivity index (χ0n) is 13.1. The van der Waals surface area contributed by atoms with Crippen LogP contribution in [0.4, 0.5) is 4.39 Å². The summed E-state index contributed by atoms with van der Waals surface area (Å²) in [4.78, 5) is 20.7. The number of carbonyl (C=O) groups is 1. The molecule has 24 heavy (non-hydrogen) atoms. The first-order valence-corrected chi connectivity index (χ1v) is 7.53. The SMILES string of the molecule is Cc1cnc(C(=O)NC(c2ccccc2)c2ccc(F)cc2)cn1. The number of aryl methyl sites for hydroxylation is 1. The molecule has 3 aromatic rings. The minimum absolute atomic E-state index is 0.239. The van der Waals surface area contributed by atoms with Crippen molar-refractivity contribution in [1.82, 2.24) is 15.3 Å². The molecular weight excluding hydrogens is 305 g/mol. The maximum absolute atomic E-state index is 13.2. The Morgan fingerprint density at radius 1 is 0.958 bits per heavy atom. The third kappa shape index (κ3) is 3.63. The first-order valence-electron chi connectivity index (χ1n) is 7.53. The number of amides is 1. The number of carbonyl (C=O) groups excluding carboxylic acids is 1.